The summed E-state index contributed by atoms with van der Waals surface area (Å²) in [5.41, 5.74) is 0. The van der Waals surface area contributed by atoms with E-state index in [1.165, 1.54) is 4.90 Å². The number of carboxylic acid groups (broad SMARTS) is 1. The largest absolute Gasteiger partial charge is 0.481 e. The van der Waals surface area contributed by atoms with Crippen LogP contribution in [-0.4, -0.2) is 53.6 Å². The summed E-state index contributed by atoms with van der Waals surface area (Å²) in [4.78, 5) is 23.3. The molecule has 0 aliphatic rings. The predicted molar refractivity (Wildman–Crippen MR) is 65.9 cm³/mol. The molecule has 0 spiro atoms. The first-order valence-corrected chi connectivity index (χ1v) is 6.49. The Kier molecular flexibility index (Phi) is 7.80. The molecule has 0 aromatic rings. The molecule has 0 saturated carbocycles. The molecule has 2 N–H and O–H groups in total. The van der Waals surface area contributed by atoms with Crippen molar-refractivity contribution in [3.05, 3.63) is 0 Å². The van der Waals surface area contributed by atoms with Gasteiger partial charge in [-0.1, -0.05) is 6.92 Å². The van der Waals surface area contributed by atoms with E-state index in [-0.39, 0.29) is 12.5 Å². The second-order valence-electron chi connectivity index (χ2n) is 3.65. The molecule has 0 aliphatic heterocycles. The minimum absolute atomic E-state index is 0.0961. The van der Waals surface area contributed by atoms with Gasteiger partial charge in [0, 0.05) is 31.8 Å². The van der Waals surface area contributed by atoms with Crippen LogP contribution in [0.25, 0.3) is 0 Å². The van der Waals surface area contributed by atoms with Gasteiger partial charge >= 0.3 is 12.0 Å². The van der Waals surface area contributed by atoms with Gasteiger partial charge in [0.2, 0.25) is 0 Å². The van der Waals surface area contributed by atoms with Gasteiger partial charge in [-0.2, -0.15) is 11.8 Å². The molecule has 1 unspecified atom stereocenters. The van der Waals surface area contributed by atoms with Crippen molar-refractivity contribution in [2.24, 2.45) is 0 Å². The highest BCUT2D eigenvalue weighted by atomic mass is 32.2. The first-order valence-electron chi connectivity index (χ1n) is 5.21. The third-order valence-corrected chi connectivity index (χ3v) is 3.15. The molecule has 0 aromatic heterocycles. The van der Waals surface area contributed by atoms with Gasteiger partial charge in [0.25, 0.3) is 0 Å². The highest BCUT2D eigenvalue weighted by Gasteiger charge is 2.09. The number of thioether (sulfide) groups is 1. The standard InChI is InChI=1S/C10H20N2O3S/c1-8(16-3)7-11-10(15)12(2)6-4-5-9(13)14/h8H,4-7H2,1-3H3,(H,11,15)(H,13,14). The molecule has 1 atom stereocenters. The Balaban J connectivity index is 3.69. The Hall–Kier alpha value is -0.910. The van der Waals surface area contributed by atoms with Crippen molar-refractivity contribution in [1.82, 2.24) is 10.2 Å². The zero-order chi connectivity index (χ0) is 12.6. The van der Waals surface area contributed by atoms with E-state index in [0.717, 1.165) is 0 Å². The maximum Gasteiger partial charge on any atom is 0.317 e. The Morgan fingerprint density at radius 1 is 1.50 bits per heavy atom. The molecule has 5 nitrogen and oxygen atoms in total. The van der Waals surface area contributed by atoms with Crippen LogP contribution in [0.15, 0.2) is 0 Å². The molecular formula is C10H20N2O3S. The molecule has 6 heteroatoms. The van der Waals surface area contributed by atoms with Gasteiger partial charge < -0.3 is 15.3 Å². The summed E-state index contributed by atoms with van der Waals surface area (Å²) in [6.45, 7) is 3.13. The number of nitrogens with one attached hydrogen (secondary N) is 1. The average Bonchev–Trinajstić information content (AvgIpc) is 2.24. The fraction of sp³-hybridized carbons (Fsp3) is 0.800. The van der Waals surface area contributed by atoms with E-state index in [1.807, 2.05) is 13.2 Å². The van der Waals surface area contributed by atoms with Crippen molar-refractivity contribution in [3.8, 4) is 0 Å². The minimum atomic E-state index is -0.829. The van der Waals surface area contributed by atoms with Crippen LogP contribution < -0.4 is 5.32 Å². The lowest BCUT2D eigenvalue weighted by atomic mass is 10.3. The predicted octanol–water partition coefficient (Wildman–Crippen LogP) is 1.24. The fourth-order valence-corrected chi connectivity index (χ4v) is 1.27. The maximum atomic E-state index is 11.5. The number of hydrogen-bond donors (Lipinski definition) is 2. The Morgan fingerprint density at radius 2 is 2.12 bits per heavy atom. The zero-order valence-electron chi connectivity index (χ0n) is 10.0. The number of rotatable bonds is 7. The lowest BCUT2D eigenvalue weighted by Gasteiger charge is -2.18. The molecule has 16 heavy (non-hydrogen) atoms. The molecule has 0 aliphatic carbocycles. The number of nitrogens with zero attached hydrogens (tertiary/aromatic N) is 1. The van der Waals surface area contributed by atoms with Crippen LogP contribution >= 0.6 is 11.8 Å². The second-order valence-corrected chi connectivity index (χ2v) is 4.93. The summed E-state index contributed by atoms with van der Waals surface area (Å²) in [5.74, 6) is -0.829. The van der Waals surface area contributed by atoms with Gasteiger partial charge in [-0.05, 0) is 12.7 Å². The number of carbonyl (C=O) groups excluding carboxylic acids is 1. The molecule has 0 aromatic carbocycles. The van der Waals surface area contributed by atoms with Crippen molar-refractivity contribution in [2.45, 2.75) is 25.0 Å². The van der Waals surface area contributed by atoms with Crippen molar-refractivity contribution in [2.75, 3.05) is 26.4 Å². The monoisotopic (exact) mass is 248 g/mol. The summed E-state index contributed by atoms with van der Waals surface area (Å²) in [7, 11) is 1.67. The smallest absolute Gasteiger partial charge is 0.317 e. The third-order valence-electron chi connectivity index (χ3n) is 2.17. The van der Waals surface area contributed by atoms with Crippen LogP contribution in [-0.2, 0) is 4.79 Å². The molecule has 0 rings (SSSR count). The van der Waals surface area contributed by atoms with Crippen LogP contribution in [0.3, 0.4) is 0 Å². The minimum Gasteiger partial charge on any atom is -0.481 e. The fourth-order valence-electron chi connectivity index (χ4n) is 1.02. The van der Waals surface area contributed by atoms with Gasteiger partial charge in [0.1, 0.15) is 0 Å². The van der Waals surface area contributed by atoms with Crippen molar-refractivity contribution in [1.29, 1.82) is 0 Å². The number of urea groups is 1. The summed E-state index contributed by atoms with van der Waals surface area (Å²) in [6.07, 6.45) is 2.57. The van der Waals surface area contributed by atoms with E-state index in [2.05, 4.69) is 5.32 Å². The van der Waals surface area contributed by atoms with Crippen LogP contribution in [0.1, 0.15) is 19.8 Å². The van der Waals surface area contributed by atoms with Gasteiger partial charge in [-0.15, -0.1) is 0 Å². The van der Waals surface area contributed by atoms with Crippen LogP contribution in [0, 0.1) is 0 Å². The van der Waals surface area contributed by atoms with Gasteiger partial charge in [0.15, 0.2) is 0 Å². The molecule has 0 heterocycles. The Morgan fingerprint density at radius 3 is 2.62 bits per heavy atom. The summed E-state index contributed by atoms with van der Waals surface area (Å²) >= 11 is 1.69. The lowest BCUT2D eigenvalue weighted by Crippen LogP contribution is -2.40. The zero-order valence-corrected chi connectivity index (χ0v) is 10.8. The van der Waals surface area contributed by atoms with E-state index in [1.54, 1.807) is 18.8 Å². The number of hydrogen-bond acceptors (Lipinski definition) is 3. The van der Waals surface area contributed by atoms with Crippen molar-refractivity contribution < 1.29 is 14.7 Å². The molecule has 0 radical (unpaired) electrons. The number of carbonyl (C=O) groups is 2. The Labute approximate surface area is 101 Å². The topological polar surface area (TPSA) is 69.6 Å². The van der Waals surface area contributed by atoms with Crippen molar-refractivity contribution in [3.63, 3.8) is 0 Å². The van der Waals surface area contributed by atoms with Gasteiger partial charge in [-0.3, -0.25) is 4.79 Å². The van der Waals surface area contributed by atoms with Gasteiger partial charge in [0.05, 0.1) is 0 Å². The van der Waals surface area contributed by atoms with Crippen LogP contribution in [0.4, 0.5) is 4.79 Å². The Bertz CT molecular complexity index is 236. The van der Waals surface area contributed by atoms with E-state index >= 15 is 0 Å². The molecule has 0 bridgehead atoms. The summed E-state index contributed by atoms with van der Waals surface area (Å²) in [5, 5.41) is 11.6. The second kappa shape index (κ2) is 8.27. The SMILES string of the molecule is CSC(C)CNC(=O)N(C)CCCC(=O)O. The van der Waals surface area contributed by atoms with Crippen molar-refractivity contribution >= 4 is 23.8 Å². The average molecular weight is 248 g/mol. The quantitative estimate of drug-likeness (QED) is 0.711. The summed E-state index contributed by atoms with van der Waals surface area (Å²) in [6, 6.07) is -0.147. The number of carboxylic acids is 1. The van der Waals surface area contributed by atoms with Crippen LogP contribution in [0.5, 0.6) is 0 Å². The molecule has 2 amide bonds. The normalized spacial score (nSPS) is 11.9. The van der Waals surface area contributed by atoms with E-state index < -0.39 is 5.97 Å². The number of amides is 2. The third kappa shape index (κ3) is 7.39. The molecular weight excluding hydrogens is 228 g/mol. The maximum absolute atomic E-state index is 11.5. The van der Waals surface area contributed by atoms with E-state index in [9.17, 15) is 9.59 Å². The number of aliphatic carboxylic acids is 1. The van der Waals surface area contributed by atoms with E-state index in [0.29, 0.717) is 24.8 Å². The van der Waals surface area contributed by atoms with E-state index in [4.69, 9.17) is 5.11 Å². The summed E-state index contributed by atoms with van der Waals surface area (Å²) < 4.78 is 0. The first-order chi connectivity index (χ1) is 7.47. The molecule has 94 valence electrons. The first kappa shape index (κ1) is 15.1. The lowest BCUT2D eigenvalue weighted by molar-refractivity contribution is -0.137. The van der Waals surface area contributed by atoms with Crippen LogP contribution in [0.2, 0.25) is 0 Å². The highest BCUT2D eigenvalue weighted by Crippen LogP contribution is 2.02. The molecule has 0 fully saturated rings. The highest BCUT2D eigenvalue weighted by molar-refractivity contribution is 7.99. The van der Waals surface area contributed by atoms with Gasteiger partial charge in [-0.25, -0.2) is 4.79 Å². The molecule has 0 saturated heterocycles.